The van der Waals surface area contributed by atoms with Crippen LogP contribution >= 0.6 is 0 Å². The molecule has 8 heteroatoms. The number of H-pyrrole nitrogens is 1. The van der Waals surface area contributed by atoms with E-state index in [0.29, 0.717) is 22.9 Å². The minimum absolute atomic E-state index is 0.0367. The van der Waals surface area contributed by atoms with Gasteiger partial charge < -0.3 is 24.7 Å². The second kappa shape index (κ2) is 6.99. The Morgan fingerprint density at radius 3 is 2.77 bits per heavy atom. The number of hydrogen-bond donors (Lipinski definition) is 2. The van der Waals surface area contributed by atoms with E-state index in [2.05, 4.69) is 10.2 Å². The highest BCUT2D eigenvalue weighted by atomic mass is 16.5. The molecule has 3 rings (SSSR count). The number of aromatic nitrogens is 2. The van der Waals surface area contributed by atoms with Crippen LogP contribution in [0.5, 0.6) is 17.4 Å². The first kappa shape index (κ1) is 17.7. The highest BCUT2D eigenvalue weighted by molar-refractivity contribution is 5.93. The molecular weight excluding hydrogens is 338 g/mol. The third-order valence-corrected chi connectivity index (χ3v) is 4.26. The summed E-state index contributed by atoms with van der Waals surface area (Å²) in [5.41, 5.74) is 8.47. The van der Waals surface area contributed by atoms with Gasteiger partial charge in [0.25, 0.3) is 0 Å². The average Bonchev–Trinajstić information content (AvgIpc) is 3.00. The molecule has 0 saturated carbocycles. The molecule has 2 aromatic rings. The molecule has 0 aliphatic carbocycles. The Balaban J connectivity index is 2.23. The second-order valence-electron chi connectivity index (χ2n) is 5.71. The van der Waals surface area contributed by atoms with Gasteiger partial charge in [0.2, 0.25) is 11.8 Å². The fraction of sp³-hybridized carbons (Fsp3) is 0.333. The highest BCUT2D eigenvalue weighted by Gasteiger charge is 2.39. The lowest BCUT2D eigenvalue weighted by molar-refractivity contribution is -0.139. The normalized spacial score (nSPS) is 15.9. The minimum atomic E-state index is -0.544. The Kier molecular flexibility index (Phi) is 4.75. The number of carbonyl (C=O) groups is 1. The third kappa shape index (κ3) is 2.83. The first-order valence-corrected chi connectivity index (χ1v) is 8.13. The second-order valence-corrected chi connectivity index (χ2v) is 5.71. The van der Waals surface area contributed by atoms with Crippen LogP contribution in [0, 0.1) is 6.92 Å². The van der Waals surface area contributed by atoms with Gasteiger partial charge in [0, 0.05) is 22.9 Å². The number of aromatic amines is 1. The van der Waals surface area contributed by atoms with Crippen LogP contribution in [0.25, 0.3) is 0 Å². The van der Waals surface area contributed by atoms with Crippen LogP contribution in [-0.2, 0) is 9.53 Å². The molecule has 0 unspecified atom stereocenters. The minimum Gasteiger partial charge on any atom is -0.497 e. The van der Waals surface area contributed by atoms with E-state index in [9.17, 15) is 4.79 Å². The van der Waals surface area contributed by atoms with Crippen molar-refractivity contribution in [2.75, 3.05) is 20.8 Å². The van der Waals surface area contributed by atoms with Crippen molar-refractivity contribution in [3.8, 4) is 17.4 Å². The number of aryl methyl sites for hydroxylation is 1. The van der Waals surface area contributed by atoms with E-state index in [-0.39, 0.29) is 18.1 Å². The van der Waals surface area contributed by atoms with Gasteiger partial charge in [-0.3, -0.25) is 5.10 Å². The van der Waals surface area contributed by atoms with Crippen molar-refractivity contribution in [3.05, 3.63) is 46.5 Å². The standard InChI is InChI=1S/C18H21N3O5/c1-5-25-18(22)15-14(11-7-6-10(23-3)8-12(11)24-4)13-9(2)20-21-17(13)26-16(15)19/h6-8,14H,5,19H2,1-4H3,(H,20,21)/t14-/m1/s1. The Bertz CT molecular complexity index is 872. The first-order valence-electron chi connectivity index (χ1n) is 8.13. The van der Waals surface area contributed by atoms with Gasteiger partial charge in [-0.25, -0.2) is 4.79 Å². The molecule has 8 nitrogen and oxygen atoms in total. The van der Waals surface area contributed by atoms with E-state index in [1.807, 2.05) is 13.0 Å². The summed E-state index contributed by atoms with van der Waals surface area (Å²) in [6.07, 6.45) is 0. The van der Waals surface area contributed by atoms with Gasteiger partial charge in [0.15, 0.2) is 0 Å². The predicted molar refractivity (Wildman–Crippen MR) is 93.2 cm³/mol. The molecule has 138 valence electrons. The van der Waals surface area contributed by atoms with Crippen molar-refractivity contribution in [2.24, 2.45) is 5.73 Å². The monoisotopic (exact) mass is 359 g/mol. The third-order valence-electron chi connectivity index (χ3n) is 4.26. The van der Waals surface area contributed by atoms with Crippen molar-refractivity contribution in [3.63, 3.8) is 0 Å². The summed E-state index contributed by atoms with van der Waals surface area (Å²) >= 11 is 0. The molecule has 0 radical (unpaired) electrons. The maximum atomic E-state index is 12.6. The molecule has 0 spiro atoms. The Labute approximate surface area is 150 Å². The van der Waals surface area contributed by atoms with Crippen LogP contribution < -0.4 is 19.9 Å². The summed E-state index contributed by atoms with van der Waals surface area (Å²) in [4.78, 5) is 12.6. The topological polar surface area (TPSA) is 109 Å². The Hall–Kier alpha value is -3.16. The van der Waals surface area contributed by atoms with Crippen molar-refractivity contribution in [2.45, 2.75) is 19.8 Å². The summed E-state index contributed by atoms with van der Waals surface area (Å²) in [6.45, 7) is 3.80. The van der Waals surface area contributed by atoms with Gasteiger partial charge in [0.05, 0.1) is 26.7 Å². The predicted octanol–water partition coefficient (Wildman–Crippen LogP) is 1.99. The molecular formula is C18H21N3O5. The number of rotatable bonds is 5. The summed E-state index contributed by atoms with van der Waals surface area (Å²) in [5.74, 6) is 0.395. The van der Waals surface area contributed by atoms with Gasteiger partial charge in [-0.1, -0.05) is 6.07 Å². The van der Waals surface area contributed by atoms with Crippen LogP contribution in [-0.4, -0.2) is 37.0 Å². The van der Waals surface area contributed by atoms with Crippen molar-refractivity contribution >= 4 is 5.97 Å². The lowest BCUT2D eigenvalue weighted by Crippen LogP contribution is -2.27. The van der Waals surface area contributed by atoms with Crippen molar-refractivity contribution in [1.29, 1.82) is 0 Å². The van der Waals surface area contributed by atoms with E-state index in [1.54, 1.807) is 33.3 Å². The smallest absolute Gasteiger partial charge is 0.340 e. The van der Waals surface area contributed by atoms with Crippen LogP contribution in [0.4, 0.5) is 0 Å². The van der Waals surface area contributed by atoms with Gasteiger partial charge in [-0.2, -0.15) is 0 Å². The number of nitrogens with zero attached hydrogens (tertiary/aromatic N) is 1. The first-order chi connectivity index (χ1) is 12.5. The highest BCUT2D eigenvalue weighted by Crippen LogP contribution is 2.46. The molecule has 26 heavy (non-hydrogen) atoms. The summed E-state index contributed by atoms with van der Waals surface area (Å²) in [5, 5.41) is 7.01. The Morgan fingerprint density at radius 2 is 2.12 bits per heavy atom. The zero-order chi connectivity index (χ0) is 18.8. The fourth-order valence-corrected chi connectivity index (χ4v) is 3.07. The maximum Gasteiger partial charge on any atom is 0.340 e. The van der Waals surface area contributed by atoms with Crippen LogP contribution in [0.3, 0.4) is 0 Å². The number of fused-ring (bicyclic) bond motifs is 1. The van der Waals surface area contributed by atoms with Crippen molar-refractivity contribution < 1.29 is 23.7 Å². The lowest BCUT2D eigenvalue weighted by atomic mass is 9.83. The molecule has 2 heterocycles. The van der Waals surface area contributed by atoms with Gasteiger partial charge in [-0.15, -0.1) is 5.10 Å². The lowest BCUT2D eigenvalue weighted by Gasteiger charge is -2.27. The molecule has 0 bridgehead atoms. The van der Waals surface area contributed by atoms with Crippen molar-refractivity contribution in [1.82, 2.24) is 10.2 Å². The molecule has 1 aromatic carbocycles. The van der Waals surface area contributed by atoms with E-state index in [1.165, 1.54) is 0 Å². The van der Waals surface area contributed by atoms with Gasteiger partial charge in [-0.05, 0) is 19.9 Å². The number of esters is 1. The number of methoxy groups -OCH3 is 2. The number of nitrogens with one attached hydrogen (secondary N) is 1. The van der Waals surface area contributed by atoms with Crippen LogP contribution in [0.1, 0.15) is 29.7 Å². The Morgan fingerprint density at radius 1 is 1.35 bits per heavy atom. The van der Waals surface area contributed by atoms with E-state index >= 15 is 0 Å². The van der Waals surface area contributed by atoms with E-state index < -0.39 is 11.9 Å². The zero-order valence-electron chi connectivity index (χ0n) is 15.1. The molecule has 1 atom stereocenters. The maximum absolute atomic E-state index is 12.6. The van der Waals surface area contributed by atoms with Gasteiger partial charge >= 0.3 is 5.97 Å². The van der Waals surface area contributed by atoms with Crippen LogP contribution in [0.15, 0.2) is 29.7 Å². The van der Waals surface area contributed by atoms with E-state index in [4.69, 9.17) is 24.7 Å². The summed E-state index contributed by atoms with van der Waals surface area (Å²) < 4.78 is 21.5. The number of ether oxygens (including phenoxy) is 4. The SMILES string of the molecule is CCOC(=O)C1=C(N)Oc2n[nH]c(C)c2[C@H]1c1ccc(OC)cc1OC. The quantitative estimate of drug-likeness (QED) is 0.786. The molecule has 1 aromatic heterocycles. The molecule has 0 amide bonds. The number of benzene rings is 1. The van der Waals surface area contributed by atoms with Gasteiger partial charge in [0.1, 0.15) is 17.1 Å². The number of hydrogen-bond acceptors (Lipinski definition) is 7. The number of nitrogens with two attached hydrogens (primary N) is 1. The van der Waals surface area contributed by atoms with Crippen LogP contribution in [0.2, 0.25) is 0 Å². The molecule has 3 N–H and O–H groups in total. The zero-order valence-corrected chi connectivity index (χ0v) is 15.1. The largest absolute Gasteiger partial charge is 0.497 e. The number of carbonyl (C=O) groups excluding carboxylic acids is 1. The molecule has 0 fully saturated rings. The molecule has 1 aliphatic heterocycles. The summed E-state index contributed by atoms with van der Waals surface area (Å²) in [7, 11) is 3.13. The average molecular weight is 359 g/mol. The fourth-order valence-electron chi connectivity index (χ4n) is 3.07. The molecule has 0 saturated heterocycles. The molecule has 1 aliphatic rings. The summed E-state index contributed by atoms with van der Waals surface area (Å²) in [6, 6.07) is 5.37. The van der Waals surface area contributed by atoms with E-state index in [0.717, 1.165) is 11.3 Å².